The topological polar surface area (TPSA) is 60.3 Å². The molecule has 3 rings (SSSR count). The number of rotatable bonds is 6. The number of hydrogen-bond acceptors (Lipinski definition) is 4. The molecule has 1 saturated heterocycles. The molecule has 0 bridgehead atoms. The normalized spacial score (nSPS) is 17.0. The molecule has 1 atom stereocenters. The molecule has 1 amide bonds. The number of carbonyl (C=O) groups is 1. The van der Waals surface area contributed by atoms with Crippen molar-refractivity contribution in [2.24, 2.45) is 7.05 Å². The van der Waals surface area contributed by atoms with Gasteiger partial charge in [-0.15, -0.1) is 0 Å². The number of ether oxygens (including phenoxy) is 1. The van der Waals surface area contributed by atoms with Crippen molar-refractivity contribution in [2.45, 2.75) is 24.9 Å². The Morgan fingerprint density at radius 1 is 1.39 bits per heavy atom. The Morgan fingerprint density at radius 3 is 2.82 bits per heavy atom. The van der Waals surface area contributed by atoms with Gasteiger partial charge in [0.05, 0.1) is 18.7 Å². The Morgan fingerprint density at radius 2 is 2.18 bits per heavy atom. The third-order valence-electron chi connectivity index (χ3n) is 4.61. The summed E-state index contributed by atoms with van der Waals surface area (Å²) >= 11 is 0. The first kappa shape index (κ1) is 19.9. The van der Waals surface area contributed by atoms with Crippen LogP contribution < -0.4 is 4.74 Å². The number of nitrogens with zero attached hydrogens (tertiary/aromatic N) is 4. The van der Waals surface area contributed by atoms with E-state index >= 15 is 0 Å². The fourth-order valence-corrected chi connectivity index (χ4v) is 3.22. The van der Waals surface area contributed by atoms with E-state index in [1.54, 1.807) is 41.0 Å². The van der Waals surface area contributed by atoms with E-state index in [0.717, 1.165) is 12.0 Å². The van der Waals surface area contributed by atoms with E-state index in [-0.39, 0.29) is 17.7 Å². The van der Waals surface area contributed by atoms with Gasteiger partial charge in [-0.25, -0.2) is 4.98 Å². The minimum Gasteiger partial charge on any atom is -0.477 e. The van der Waals surface area contributed by atoms with Crippen molar-refractivity contribution in [1.82, 2.24) is 19.7 Å². The Hall–Kier alpha value is -2.84. The maximum Gasteiger partial charge on any atom is 0.392 e. The van der Waals surface area contributed by atoms with E-state index in [1.165, 1.54) is 6.08 Å². The fourth-order valence-electron chi connectivity index (χ4n) is 3.22. The Bertz CT molecular complexity index is 863. The lowest BCUT2D eigenvalue weighted by molar-refractivity contribution is -0.139. The van der Waals surface area contributed by atoms with Gasteiger partial charge in [0.1, 0.15) is 5.69 Å². The van der Waals surface area contributed by atoms with Crippen molar-refractivity contribution >= 4 is 5.91 Å². The second kappa shape index (κ2) is 8.04. The lowest BCUT2D eigenvalue weighted by Gasteiger charge is -2.17. The van der Waals surface area contributed by atoms with E-state index in [0.29, 0.717) is 24.5 Å². The van der Waals surface area contributed by atoms with Crippen molar-refractivity contribution in [2.75, 3.05) is 19.7 Å². The molecule has 0 saturated carbocycles. The van der Waals surface area contributed by atoms with Crippen molar-refractivity contribution in [3.8, 4) is 17.3 Å². The summed E-state index contributed by atoms with van der Waals surface area (Å²) in [6.07, 6.45) is -1.52. The lowest BCUT2D eigenvalue weighted by Crippen LogP contribution is -2.26. The maximum absolute atomic E-state index is 12.4. The number of pyridine rings is 1. The minimum absolute atomic E-state index is 0.0534. The summed E-state index contributed by atoms with van der Waals surface area (Å²) in [7, 11) is 1.77. The molecule has 3 heterocycles. The zero-order valence-corrected chi connectivity index (χ0v) is 15.4. The van der Waals surface area contributed by atoms with Gasteiger partial charge in [0.25, 0.3) is 0 Å². The third-order valence-corrected chi connectivity index (χ3v) is 4.61. The van der Waals surface area contributed by atoms with Crippen LogP contribution in [-0.2, 0) is 11.8 Å². The fraction of sp³-hybridized carbons (Fsp3) is 0.421. The van der Waals surface area contributed by atoms with Crippen LogP contribution in [0.2, 0.25) is 0 Å². The highest BCUT2D eigenvalue weighted by atomic mass is 19.4. The van der Waals surface area contributed by atoms with Crippen LogP contribution in [0, 0.1) is 0 Å². The number of aryl methyl sites for hydroxylation is 1. The molecule has 1 aliphatic rings. The van der Waals surface area contributed by atoms with Crippen LogP contribution in [0.5, 0.6) is 5.88 Å². The highest BCUT2D eigenvalue weighted by Crippen LogP contribution is 2.34. The van der Waals surface area contributed by atoms with E-state index in [9.17, 15) is 18.0 Å². The predicted molar refractivity (Wildman–Crippen MR) is 96.7 cm³/mol. The van der Waals surface area contributed by atoms with Gasteiger partial charge in [0, 0.05) is 38.3 Å². The molecule has 6 nitrogen and oxygen atoms in total. The molecule has 28 heavy (non-hydrogen) atoms. The van der Waals surface area contributed by atoms with Crippen LogP contribution in [0.15, 0.2) is 37.1 Å². The molecule has 0 N–H and O–H groups in total. The smallest absolute Gasteiger partial charge is 0.392 e. The largest absolute Gasteiger partial charge is 0.477 e. The molecule has 0 radical (unpaired) electrons. The molecule has 2 aromatic rings. The van der Waals surface area contributed by atoms with Crippen molar-refractivity contribution in [3.05, 3.63) is 42.6 Å². The van der Waals surface area contributed by atoms with Gasteiger partial charge in [-0.05, 0) is 24.1 Å². The number of hydrogen-bond donors (Lipinski definition) is 0. The second-order valence-corrected chi connectivity index (χ2v) is 6.65. The average Bonchev–Trinajstić information content (AvgIpc) is 3.29. The Balaban J connectivity index is 1.85. The molecule has 150 valence electrons. The number of likely N-dealkylation sites (tertiary alicyclic amines) is 1. The second-order valence-electron chi connectivity index (χ2n) is 6.65. The van der Waals surface area contributed by atoms with Gasteiger partial charge in [0.2, 0.25) is 11.8 Å². The first-order valence-electron chi connectivity index (χ1n) is 8.88. The molecule has 0 aromatic carbocycles. The number of halogens is 3. The first-order chi connectivity index (χ1) is 13.3. The van der Waals surface area contributed by atoms with Crippen molar-refractivity contribution < 1.29 is 22.7 Å². The van der Waals surface area contributed by atoms with Crippen LogP contribution >= 0.6 is 0 Å². The molecule has 1 aliphatic heterocycles. The summed E-state index contributed by atoms with van der Waals surface area (Å²) in [5, 5.41) is 4.37. The average molecular weight is 394 g/mol. The number of carbonyl (C=O) groups excluding carboxylic acids is 1. The van der Waals surface area contributed by atoms with Crippen LogP contribution in [0.3, 0.4) is 0 Å². The lowest BCUT2D eigenvalue weighted by atomic mass is 9.95. The molecular formula is C19H21F3N4O2. The molecule has 1 fully saturated rings. The Kier molecular flexibility index (Phi) is 5.71. The third kappa shape index (κ3) is 4.71. The van der Waals surface area contributed by atoms with Crippen LogP contribution in [0.4, 0.5) is 13.2 Å². The minimum atomic E-state index is -4.28. The van der Waals surface area contributed by atoms with Crippen molar-refractivity contribution in [3.63, 3.8) is 0 Å². The molecule has 0 spiro atoms. The van der Waals surface area contributed by atoms with E-state index < -0.39 is 19.2 Å². The molecule has 1 unspecified atom stereocenters. The molecule has 9 heteroatoms. The van der Waals surface area contributed by atoms with Crippen LogP contribution in [0.1, 0.15) is 24.3 Å². The quantitative estimate of drug-likeness (QED) is 0.706. The summed E-state index contributed by atoms with van der Waals surface area (Å²) in [5.74, 6) is 0.0465. The van der Waals surface area contributed by atoms with E-state index in [1.807, 2.05) is 0 Å². The van der Waals surface area contributed by atoms with Gasteiger partial charge in [-0.3, -0.25) is 9.48 Å². The van der Waals surface area contributed by atoms with Crippen LogP contribution in [-0.4, -0.2) is 51.4 Å². The van der Waals surface area contributed by atoms with Crippen molar-refractivity contribution in [1.29, 1.82) is 0 Å². The molecule has 0 aliphatic carbocycles. The predicted octanol–water partition coefficient (Wildman–Crippen LogP) is 3.32. The monoisotopic (exact) mass is 394 g/mol. The zero-order valence-electron chi connectivity index (χ0n) is 15.4. The number of alkyl halides is 3. The summed E-state index contributed by atoms with van der Waals surface area (Å²) in [5.41, 5.74) is 2.05. The maximum atomic E-state index is 12.4. The SMILES string of the molecule is C=CC(=O)N1CCC(c2ccc(OCCC(F)(F)F)nc2-c2ccn(C)n2)C1. The highest BCUT2D eigenvalue weighted by molar-refractivity contribution is 5.87. The van der Waals surface area contributed by atoms with Gasteiger partial charge in [0.15, 0.2) is 0 Å². The van der Waals surface area contributed by atoms with Crippen LogP contribution in [0.25, 0.3) is 11.4 Å². The zero-order chi connectivity index (χ0) is 20.3. The van der Waals surface area contributed by atoms with Gasteiger partial charge in [-0.1, -0.05) is 12.6 Å². The van der Waals surface area contributed by atoms with Gasteiger partial charge >= 0.3 is 6.18 Å². The number of amides is 1. The van der Waals surface area contributed by atoms with E-state index in [2.05, 4.69) is 16.7 Å². The summed E-state index contributed by atoms with van der Waals surface area (Å²) in [6.45, 7) is 4.16. The summed E-state index contributed by atoms with van der Waals surface area (Å²) in [6, 6.07) is 5.15. The number of aromatic nitrogens is 3. The standard InChI is InChI=1S/C19H21F3N4O2/c1-3-17(27)26-10-6-13(12-26)14-4-5-16(28-11-8-19(20,21)22)23-18(14)15-7-9-25(2)24-15/h3-5,7,9,13H,1,6,8,10-12H2,2H3. The first-order valence-corrected chi connectivity index (χ1v) is 8.88. The van der Waals surface area contributed by atoms with E-state index in [4.69, 9.17) is 4.74 Å². The summed E-state index contributed by atoms with van der Waals surface area (Å²) in [4.78, 5) is 18.0. The summed E-state index contributed by atoms with van der Waals surface area (Å²) < 4.78 is 43.9. The van der Waals surface area contributed by atoms with Gasteiger partial charge < -0.3 is 9.64 Å². The molecule has 2 aromatic heterocycles. The highest BCUT2D eigenvalue weighted by Gasteiger charge is 2.30. The van der Waals surface area contributed by atoms with Gasteiger partial charge in [-0.2, -0.15) is 18.3 Å². The molecular weight excluding hydrogens is 373 g/mol. The Labute approximate surface area is 160 Å².